The molecular weight excluding hydrogens is 185 g/mol. The minimum Gasteiger partial charge on any atom is -0.478 e. The molecule has 0 saturated carbocycles. The average molecular weight is 196 g/mol. The monoisotopic (exact) mass is 196 g/mol. The van der Waals surface area contributed by atoms with Crippen LogP contribution in [0.4, 0.5) is 13.2 Å². The van der Waals surface area contributed by atoms with Crippen molar-refractivity contribution in [2.24, 2.45) is 5.41 Å². The van der Waals surface area contributed by atoms with E-state index in [2.05, 4.69) is 0 Å². The molecule has 0 radical (unpaired) electrons. The lowest BCUT2D eigenvalue weighted by molar-refractivity contribution is -0.132. The van der Waals surface area contributed by atoms with Gasteiger partial charge in [0.15, 0.2) is 0 Å². The van der Waals surface area contributed by atoms with Crippen molar-refractivity contribution in [1.82, 2.24) is 0 Å². The van der Waals surface area contributed by atoms with Crippen LogP contribution >= 0.6 is 0 Å². The molecule has 0 rings (SSSR count). The SMILES string of the molecule is C/C(=C\C(CF)(CF)CF)C(=O)O. The largest absolute Gasteiger partial charge is 0.478 e. The van der Waals surface area contributed by atoms with Crippen LogP contribution in [0.25, 0.3) is 0 Å². The van der Waals surface area contributed by atoms with E-state index in [9.17, 15) is 18.0 Å². The first-order chi connectivity index (χ1) is 6.01. The van der Waals surface area contributed by atoms with Crippen molar-refractivity contribution in [2.45, 2.75) is 6.92 Å². The van der Waals surface area contributed by atoms with Gasteiger partial charge in [-0.15, -0.1) is 0 Å². The quantitative estimate of drug-likeness (QED) is 0.682. The maximum absolute atomic E-state index is 12.2. The van der Waals surface area contributed by atoms with E-state index in [1.54, 1.807) is 0 Å². The van der Waals surface area contributed by atoms with Crippen molar-refractivity contribution in [1.29, 1.82) is 0 Å². The molecule has 0 fully saturated rings. The summed E-state index contributed by atoms with van der Waals surface area (Å²) >= 11 is 0. The highest BCUT2D eigenvalue weighted by Gasteiger charge is 2.29. The number of rotatable bonds is 5. The van der Waals surface area contributed by atoms with E-state index in [1.165, 1.54) is 0 Å². The minimum atomic E-state index is -1.91. The topological polar surface area (TPSA) is 37.3 Å². The van der Waals surface area contributed by atoms with Gasteiger partial charge in [0.05, 0.1) is 5.41 Å². The van der Waals surface area contributed by atoms with E-state index < -0.39 is 31.4 Å². The van der Waals surface area contributed by atoms with Gasteiger partial charge < -0.3 is 5.11 Å². The number of alkyl halides is 3. The Kier molecular flexibility index (Phi) is 4.51. The van der Waals surface area contributed by atoms with Crippen LogP contribution in [-0.4, -0.2) is 31.1 Å². The van der Waals surface area contributed by atoms with Crippen LogP contribution in [-0.2, 0) is 4.79 Å². The zero-order valence-corrected chi connectivity index (χ0v) is 7.19. The fraction of sp³-hybridized carbons (Fsp3) is 0.625. The van der Waals surface area contributed by atoms with E-state index in [1.807, 2.05) is 0 Å². The lowest BCUT2D eigenvalue weighted by atomic mass is 9.91. The molecule has 0 aliphatic carbocycles. The lowest BCUT2D eigenvalue weighted by Gasteiger charge is -2.19. The van der Waals surface area contributed by atoms with Gasteiger partial charge in [0.2, 0.25) is 0 Å². The predicted molar refractivity (Wildman–Crippen MR) is 41.8 cm³/mol. The summed E-state index contributed by atoms with van der Waals surface area (Å²) in [4.78, 5) is 10.3. The zero-order valence-electron chi connectivity index (χ0n) is 7.19. The van der Waals surface area contributed by atoms with Crippen molar-refractivity contribution in [3.8, 4) is 0 Å². The molecule has 13 heavy (non-hydrogen) atoms. The second-order valence-electron chi connectivity index (χ2n) is 2.90. The molecule has 0 amide bonds. The van der Waals surface area contributed by atoms with Gasteiger partial charge in [-0.2, -0.15) is 0 Å². The third-order valence-corrected chi connectivity index (χ3v) is 1.66. The first-order valence-corrected chi connectivity index (χ1v) is 3.62. The summed E-state index contributed by atoms with van der Waals surface area (Å²) in [5.41, 5.74) is -2.17. The summed E-state index contributed by atoms with van der Waals surface area (Å²) in [5, 5.41) is 8.40. The number of allylic oxidation sites excluding steroid dienone is 1. The first-order valence-electron chi connectivity index (χ1n) is 3.62. The summed E-state index contributed by atoms with van der Waals surface area (Å²) in [7, 11) is 0. The first kappa shape index (κ1) is 12.0. The Labute approximate surface area is 74.1 Å². The van der Waals surface area contributed by atoms with Gasteiger partial charge in [0.25, 0.3) is 0 Å². The molecule has 76 valence electrons. The summed E-state index contributed by atoms with van der Waals surface area (Å²) in [6.07, 6.45) is 0.787. The third-order valence-electron chi connectivity index (χ3n) is 1.66. The molecule has 0 unspecified atom stereocenters. The second kappa shape index (κ2) is 4.89. The number of halogens is 3. The fourth-order valence-electron chi connectivity index (χ4n) is 0.744. The van der Waals surface area contributed by atoms with E-state index in [0.29, 0.717) is 0 Å². The highest BCUT2D eigenvalue weighted by Crippen LogP contribution is 2.23. The Balaban J connectivity index is 4.76. The van der Waals surface area contributed by atoms with Crippen molar-refractivity contribution in [2.75, 3.05) is 20.0 Å². The normalized spacial score (nSPS) is 13.1. The molecule has 0 aliphatic rings. The second-order valence-corrected chi connectivity index (χ2v) is 2.90. The summed E-state index contributed by atoms with van der Waals surface area (Å²) in [5.74, 6) is -1.31. The number of carbonyl (C=O) groups is 1. The van der Waals surface area contributed by atoms with Crippen molar-refractivity contribution < 1.29 is 23.1 Å². The van der Waals surface area contributed by atoms with Crippen LogP contribution in [0.3, 0.4) is 0 Å². The van der Waals surface area contributed by atoms with Crippen LogP contribution in [0.5, 0.6) is 0 Å². The Morgan fingerprint density at radius 1 is 1.31 bits per heavy atom. The van der Waals surface area contributed by atoms with Crippen LogP contribution in [0.2, 0.25) is 0 Å². The Hall–Kier alpha value is -1.00. The maximum Gasteiger partial charge on any atom is 0.330 e. The Bertz CT molecular complexity index is 201. The number of aliphatic carboxylic acids is 1. The molecule has 0 aliphatic heterocycles. The van der Waals surface area contributed by atoms with E-state index in [-0.39, 0.29) is 5.57 Å². The predicted octanol–water partition coefficient (Wildman–Crippen LogP) is 1.91. The Morgan fingerprint density at radius 3 is 1.92 bits per heavy atom. The number of hydrogen-bond acceptors (Lipinski definition) is 1. The van der Waals surface area contributed by atoms with Crippen LogP contribution in [0.1, 0.15) is 6.92 Å². The summed E-state index contributed by atoms with van der Waals surface area (Å²) in [6, 6.07) is 0. The molecule has 0 aromatic carbocycles. The van der Waals surface area contributed by atoms with Gasteiger partial charge in [-0.05, 0) is 6.92 Å². The Morgan fingerprint density at radius 2 is 1.69 bits per heavy atom. The third kappa shape index (κ3) is 3.08. The maximum atomic E-state index is 12.2. The smallest absolute Gasteiger partial charge is 0.330 e. The molecule has 0 aromatic rings. The van der Waals surface area contributed by atoms with Gasteiger partial charge in [0, 0.05) is 5.57 Å². The van der Waals surface area contributed by atoms with Crippen LogP contribution < -0.4 is 0 Å². The molecule has 0 heterocycles. The molecule has 0 spiro atoms. The molecular formula is C8H11F3O2. The average Bonchev–Trinajstić information content (AvgIpc) is 2.14. The highest BCUT2D eigenvalue weighted by atomic mass is 19.1. The summed E-state index contributed by atoms with van der Waals surface area (Å²) < 4.78 is 36.7. The van der Waals surface area contributed by atoms with Gasteiger partial charge in [0.1, 0.15) is 20.0 Å². The molecule has 0 bridgehead atoms. The van der Waals surface area contributed by atoms with E-state index in [4.69, 9.17) is 5.11 Å². The lowest BCUT2D eigenvalue weighted by Crippen LogP contribution is -2.27. The van der Waals surface area contributed by atoms with E-state index >= 15 is 0 Å². The van der Waals surface area contributed by atoms with Gasteiger partial charge in [-0.25, -0.2) is 18.0 Å². The van der Waals surface area contributed by atoms with Crippen LogP contribution in [0.15, 0.2) is 11.6 Å². The highest BCUT2D eigenvalue weighted by molar-refractivity contribution is 5.85. The molecule has 1 N–H and O–H groups in total. The fourth-order valence-corrected chi connectivity index (χ4v) is 0.744. The number of carboxylic acid groups (broad SMARTS) is 1. The number of hydrogen-bond donors (Lipinski definition) is 1. The van der Waals surface area contributed by atoms with Gasteiger partial charge >= 0.3 is 5.97 Å². The standard InChI is InChI=1S/C8H11F3O2/c1-6(7(12)13)2-8(3-9,4-10)5-11/h2H,3-5H2,1H3,(H,12,13)/b6-2+. The number of carboxylic acids is 1. The molecule has 0 saturated heterocycles. The van der Waals surface area contributed by atoms with Crippen molar-refractivity contribution in [3.05, 3.63) is 11.6 Å². The van der Waals surface area contributed by atoms with E-state index in [0.717, 1.165) is 13.0 Å². The molecule has 0 atom stereocenters. The van der Waals surface area contributed by atoms with Crippen LogP contribution in [0, 0.1) is 5.41 Å². The van der Waals surface area contributed by atoms with Gasteiger partial charge in [-0.3, -0.25) is 0 Å². The molecule has 2 nitrogen and oxygen atoms in total. The minimum absolute atomic E-state index is 0.257. The summed E-state index contributed by atoms with van der Waals surface area (Å²) in [6.45, 7) is -2.57. The molecule has 5 heteroatoms. The van der Waals surface area contributed by atoms with Crippen molar-refractivity contribution >= 4 is 5.97 Å². The zero-order chi connectivity index (χ0) is 10.5. The van der Waals surface area contributed by atoms with Crippen molar-refractivity contribution in [3.63, 3.8) is 0 Å². The van der Waals surface area contributed by atoms with Gasteiger partial charge in [-0.1, -0.05) is 6.08 Å². The molecule has 0 aromatic heterocycles.